The summed E-state index contributed by atoms with van der Waals surface area (Å²) in [4.78, 5) is 15.3. The van der Waals surface area contributed by atoms with Crippen LogP contribution in [0.3, 0.4) is 0 Å². The quantitative estimate of drug-likeness (QED) is 0.565. The van der Waals surface area contributed by atoms with Crippen molar-refractivity contribution in [3.63, 3.8) is 0 Å². The normalized spacial score (nSPS) is 21.4. The Bertz CT molecular complexity index is 866. The summed E-state index contributed by atoms with van der Waals surface area (Å²) in [5.74, 6) is 0.861. The van der Waals surface area contributed by atoms with Gasteiger partial charge >= 0.3 is 0 Å². The van der Waals surface area contributed by atoms with Crippen LogP contribution in [0.4, 0.5) is 0 Å². The summed E-state index contributed by atoms with van der Waals surface area (Å²) in [6, 6.07) is 4.61. The molecule has 1 atom stereocenters. The molecule has 2 heterocycles. The van der Waals surface area contributed by atoms with Crippen molar-refractivity contribution in [2.45, 2.75) is 69.7 Å². The van der Waals surface area contributed by atoms with E-state index in [1.54, 1.807) is 12.1 Å². The van der Waals surface area contributed by atoms with Crippen molar-refractivity contribution >= 4 is 15.9 Å². The molecule has 1 amide bonds. The average Bonchev–Trinajstić information content (AvgIpc) is 2.79. The van der Waals surface area contributed by atoms with Crippen molar-refractivity contribution in [3.05, 3.63) is 23.8 Å². The van der Waals surface area contributed by atoms with Crippen LogP contribution in [0.2, 0.25) is 0 Å². The molecule has 0 saturated carbocycles. The van der Waals surface area contributed by atoms with E-state index in [1.165, 1.54) is 43.4 Å². The Hall–Kier alpha value is -1.64. The monoisotopic (exact) mass is 465 g/mol. The summed E-state index contributed by atoms with van der Waals surface area (Å²) >= 11 is 0. The van der Waals surface area contributed by atoms with Crippen molar-refractivity contribution in [1.82, 2.24) is 14.5 Å². The highest BCUT2D eigenvalue weighted by atomic mass is 32.2. The third-order valence-electron chi connectivity index (χ3n) is 6.82. The van der Waals surface area contributed by atoms with Crippen LogP contribution in [0.25, 0.3) is 0 Å². The van der Waals surface area contributed by atoms with Gasteiger partial charge < -0.3 is 15.0 Å². The number of carbonyl (C=O) groups is 1. The molecule has 2 saturated heterocycles. The number of nitrogens with one attached hydrogen (secondary N) is 1. The average molecular weight is 466 g/mol. The predicted octanol–water partition coefficient (Wildman–Crippen LogP) is 3.50. The lowest BCUT2D eigenvalue weighted by Gasteiger charge is -2.32. The lowest BCUT2D eigenvalue weighted by atomic mass is 9.99. The smallest absolute Gasteiger partial charge is 0.251 e. The number of rotatable bonds is 9. The summed E-state index contributed by atoms with van der Waals surface area (Å²) in [6.07, 6.45) is 7.23. The Labute approximate surface area is 193 Å². The zero-order valence-electron chi connectivity index (χ0n) is 19.8. The lowest BCUT2D eigenvalue weighted by Crippen LogP contribution is -2.42. The molecule has 1 N–H and O–H groups in total. The maximum Gasteiger partial charge on any atom is 0.251 e. The van der Waals surface area contributed by atoms with Gasteiger partial charge in [0.2, 0.25) is 10.0 Å². The van der Waals surface area contributed by atoms with Crippen molar-refractivity contribution < 1.29 is 17.9 Å². The van der Waals surface area contributed by atoms with Gasteiger partial charge in [-0.3, -0.25) is 4.79 Å². The number of nitrogens with zero attached hydrogens (tertiary/aromatic N) is 2. The van der Waals surface area contributed by atoms with E-state index in [9.17, 15) is 13.2 Å². The van der Waals surface area contributed by atoms with E-state index < -0.39 is 10.0 Å². The van der Waals surface area contributed by atoms with Crippen LogP contribution in [-0.4, -0.2) is 69.4 Å². The minimum Gasteiger partial charge on any atom is -0.495 e. The number of likely N-dealkylation sites (tertiary alicyclic amines) is 1. The zero-order chi connectivity index (χ0) is 23.1. The molecule has 2 aliphatic heterocycles. The molecule has 7 nitrogen and oxygen atoms in total. The Kier molecular flexibility index (Phi) is 8.96. The third kappa shape index (κ3) is 6.23. The zero-order valence-corrected chi connectivity index (χ0v) is 20.6. The molecule has 2 fully saturated rings. The van der Waals surface area contributed by atoms with Crippen LogP contribution in [0.5, 0.6) is 5.75 Å². The Morgan fingerprint density at radius 3 is 2.53 bits per heavy atom. The van der Waals surface area contributed by atoms with Gasteiger partial charge in [-0.2, -0.15) is 4.31 Å². The highest BCUT2D eigenvalue weighted by molar-refractivity contribution is 7.89. The summed E-state index contributed by atoms with van der Waals surface area (Å²) in [5.41, 5.74) is 0.346. The highest BCUT2D eigenvalue weighted by Gasteiger charge is 2.33. The van der Waals surface area contributed by atoms with Crippen LogP contribution >= 0.6 is 0 Å². The Morgan fingerprint density at radius 1 is 1.09 bits per heavy atom. The molecule has 0 radical (unpaired) electrons. The van der Waals surface area contributed by atoms with Crippen LogP contribution in [-0.2, 0) is 10.0 Å². The molecule has 0 aliphatic carbocycles. The molecule has 1 unspecified atom stereocenters. The van der Waals surface area contributed by atoms with Crippen molar-refractivity contribution in [2.24, 2.45) is 5.92 Å². The number of hydrogen-bond donors (Lipinski definition) is 1. The van der Waals surface area contributed by atoms with Crippen LogP contribution in [0.15, 0.2) is 23.1 Å². The van der Waals surface area contributed by atoms with Crippen LogP contribution in [0, 0.1) is 5.92 Å². The molecule has 0 spiro atoms. The number of carbonyl (C=O) groups excluding carboxylic acids is 1. The van der Waals surface area contributed by atoms with Gasteiger partial charge in [0.05, 0.1) is 7.11 Å². The van der Waals surface area contributed by atoms with Gasteiger partial charge in [0.1, 0.15) is 10.6 Å². The van der Waals surface area contributed by atoms with Gasteiger partial charge in [0.25, 0.3) is 5.91 Å². The number of amides is 1. The molecule has 8 heteroatoms. The maximum absolute atomic E-state index is 13.3. The number of benzene rings is 1. The Balaban J connectivity index is 1.57. The van der Waals surface area contributed by atoms with Gasteiger partial charge in [0, 0.05) is 24.7 Å². The molecule has 32 heavy (non-hydrogen) atoms. The van der Waals surface area contributed by atoms with Gasteiger partial charge in [0.15, 0.2) is 0 Å². The fraction of sp³-hybridized carbons (Fsp3) is 0.708. The van der Waals surface area contributed by atoms with E-state index in [1.807, 2.05) is 6.92 Å². The summed E-state index contributed by atoms with van der Waals surface area (Å²) < 4.78 is 33.5. The number of methoxy groups -OCH3 is 1. The van der Waals surface area contributed by atoms with Gasteiger partial charge in [-0.1, -0.05) is 13.3 Å². The van der Waals surface area contributed by atoms with Crippen LogP contribution in [0.1, 0.15) is 69.2 Å². The molecule has 2 aliphatic rings. The van der Waals surface area contributed by atoms with Crippen LogP contribution < -0.4 is 10.1 Å². The fourth-order valence-electron chi connectivity index (χ4n) is 4.62. The first-order valence-corrected chi connectivity index (χ1v) is 13.5. The summed E-state index contributed by atoms with van der Waals surface area (Å²) in [7, 11) is -2.28. The van der Waals surface area contributed by atoms with Gasteiger partial charge in [-0.15, -0.1) is 0 Å². The van der Waals surface area contributed by atoms with Crippen molar-refractivity contribution in [2.75, 3.05) is 39.8 Å². The SMILES string of the molecule is COc1ccc(C(=O)NCCCCN2CCC(C)CC2)cc1S(=O)(=O)N1CCCCC1C. The molecule has 1 aromatic rings. The van der Waals surface area contributed by atoms with E-state index in [0.717, 1.165) is 44.6 Å². The van der Waals surface area contributed by atoms with Gasteiger partial charge in [-0.25, -0.2) is 8.42 Å². The van der Waals surface area contributed by atoms with E-state index in [0.29, 0.717) is 18.7 Å². The minimum atomic E-state index is -3.73. The standard InChI is InChI=1S/C24H39N3O4S/c1-19-11-16-26(17-12-19)14-7-5-13-25-24(28)21-9-10-22(31-3)23(18-21)32(29,30)27-15-6-4-8-20(27)2/h9-10,18-20H,4-8,11-17H2,1-3H3,(H,25,28). The van der Waals surface area contributed by atoms with Crippen molar-refractivity contribution in [1.29, 1.82) is 0 Å². The molecule has 180 valence electrons. The first kappa shape index (κ1) is 25.0. The first-order chi connectivity index (χ1) is 15.3. The fourth-order valence-corrected chi connectivity index (χ4v) is 6.51. The molecule has 3 rings (SSSR count). The molecular weight excluding hydrogens is 426 g/mol. The first-order valence-electron chi connectivity index (χ1n) is 12.0. The number of unbranched alkanes of at least 4 members (excludes halogenated alkanes) is 1. The van der Waals surface area contributed by atoms with E-state index in [-0.39, 0.29) is 22.6 Å². The van der Waals surface area contributed by atoms with E-state index >= 15 is 0 Å². The second-order valence-electron chi connectivity index (χ2n) is 9.31. The number of ether oxygens (including phenoxy) is 1. The Morgan fingerprint density at radius 2 is 1.84 bits per heavy atom. The summed E-state index contributed by atoms with van der Waals surface area (Å²) in [5, 5.41) is 2.94. The molecule has 0 aromatic heterocycles. The van der Waals surface area contributed by atoms with Gasteiger partial charge in [-0.05, 0) is 89.2 Å². The van der Waals surface area contributed by atoms with E-state index in [2.05, 4.69) is 17.1 Å². The molecule has 1 aromatic carbocycles. The second-order valence-corrected chi connectivity index (χ2v) is 11.2. The predicted molar refractivity (Wildman–Crippen MR) is 127 cm³/mol. The third-order valence-corrected chi connectivity index (χ3v) is 8.85. The highest BCUT2D eigenvalue weighted by Crippen LogP contribution is 2.31. The number of piperidine rings is 2. The molecular formula is C24H39N3O4S. The lowest BCUT2D eigenvalue weighted by molar-refractivity contribution is 0.0952. The second kappa shape index (κ2) is 11.5. The minimum absolute atomic E-state index is 0.0564. The topological polar surface area (TPSA) is 79.0 Å². The largest absolute Gasteiger partial charge is 0.495 e. The molecule has 0 bridgehead atoms. The van der Waals surface area contributed by atoms with E-state index in [4.69, 9.17) is 4.74 Å². The van der Waals surface area contributed by atoms with Crippen molar-refractivity contribution in [3.8, 4) is 5.75 Å². The number of sulfonamides is 1. The maximum atomic E-state index is 13.3. The summed E-state index contributed by atoms with van der Waals surface area (Å²) in [6.45, 7) is 8.75. The number of hydrogen-bond acceptors (Lipinski definition) is 5.